The largest absolute Gasteiger partial charge is 0.465 e. The summed E-state index contributed by atoms with van der Waals surface area (Å²) in [6, 6.07) is 5.85. The van der Waals surface area contributed by atoms with Crippen molar-refractivity contribution in [3.05, 3.63) is 59.3 Å². The first-order valence-electron chi connectivity index (χ1n) is 8.21. The van der Waals surface area contributed by atoms with Gasteiger partial charge in [0, 0.05) is 0 Å². The predicted molar refractivity (Wildman–Crippen MR) is 92.3 cm³/mol. The summed E-state index contributed by atoms with van der Waals surface area (Å²) in [6.45, 7) is 3.11. The Hall–Kier alpha value is -3.16. The highest BCUT2D eigenvalue weighted by Crippen LogP contribution is 2.15. The molecule has 1 atom stereocenters. The van der Waals surface area contributed by atoms with Crippen molar-refractivity contribution in [2.24, 2.45) is 5.92 Å². The molecule has 0 aliphatic heterocycles. The van der Waals surface area contributed by atoms with Crippen molar-refractivity contribution >= 4 is 17.8 Å². The van der Waals surface area contributed by atoms with E-state index in [1.54, 1.807) is 13.8 Å². The molecule has 1 N–H and O–H groups in total. The Kier molecular flexibility index (Phi) is 6.70. The summed E-state index contributed by atoms with van der Waals surface area (Å²) in [4.78, 5) is 36.3. The Labute approximate surface area is 155 Å². The molecule has 7 nitrogen and oxygen atoms in total. The lowest BCUT2D eigenvalue weighted by Crippen LogP contribution is -2.45. The molecule has 0 saturated carbocycles. The number of methoxy groups -OCH3 is 1. The number of esters is 2. The molecular formula is C19H20FNO6. The molecule has 0 aliphatic carbocycles. The second-order valence-corrected chi connectivity index (χ2v) is 6.03. The third kappa shape index (κ3) is 4.93. The van der Waals surface area contributed by atoms with Crippen molar-refractivity contribution < 1.29 is 32.7 Å². The minimum atomic E-state index is -1.01. The first-order valence-corrected chi connectivity index (χ1v) is 8.21. The van der Waals surface area contributed by atoms with Crippen LogP contribution in [0, 0.1) is 11.7 Å². The highest BCUT2D eigenvalue weighted by molar-refractivity contribution is 5.97. The number of benzene rings is 1. The van der Waals surface area contributed by atoms with Crippen molar-refractivity contribution in [1.29, 1.82) is 0 Å². The fraction of sp³-hybridized carbons (Fsp3) is 0.316. The van der Waals surface area contributed by atoms with Crippen LogP contribution in [0.4, 0.5) is 4.39 Å². The number of hydrogen-bond acceptors (Lipinski definition) is 6. The third-order valence-electron chi connectivity index (χ3n) is 3.82. The van der Waals surface area contributed by atoms with E-state index in [0.29, 0.717) is 0 Å². The zero-order chi connectivity index (χ0) is 20.0. The minimum Gasteiger partial charge on any atom is -0.465 e. The van der Waals surface area contributed by atoms with Gasteiger partial charge < -0.3 is 19.2 Å². The van der Waals surface area contributed by atoms with Gasteiger partial charge in [0.05, 0.1) is 18.9 Å². The average Bonchev–Trinajstić information content (AvgIpc) is 3.12. The van der Waals surface area contributed by atoms with Crippen LogP contribution in [-0.4, -0.2) is 31.0 Å². The SMILES string of the molecule is COC(=O)c1ccoc1COC(=O)[C@@H](NC(=O)c1ccccc1F)C(C)C. The monoisotopic (exact) mass is 377 g/mol. The number of hydrogen-bond donors (Lipinski definition) is 1. The molecule has 0 bridgehead atoms. The van der Waals surface area contributed by atoms with Crippen LogP contribution in [-0.2, 0) is 20.9 Å². The number of halogens is 1. The van der Waals surface area contributed by atoms with E-state index in [9.17, 15) is 18.8 Å². The van der Waals surface area contributed by atoms with E-state index < -0.39 is 29.7 Å². The maximum absolute atomic E-state index is 13.7. The summed E-state index contributed by atoms with van der Waals surface area (Å²) >= 11 is 0. The highest BCUT2D eigenvalue weighted by Gasteiger charge is 2.28. The molecule has 8 heteroatoms. The Morgan fingerprint density at radius 2 is 1.85 bits per heavy atom. The maximum atomic E-state index is 13.7. The van der Waals surface area contributed by atoms with Crippen molar-refractivity contribution in [2.75, 3.05) is 7.11 Å². The Bertz CT molecular complexity index is 829. The summed E-state index contributed by atoms with van der Waals surface area (Å²) in [5, 5.41) is 2.48. The predicted octanol–water partition coefficient (Wildman–Crippen LogP) is 2.70. The van der Waals surface area contributed by atoms with Gasteiger partial charge in [0.25, 0.3) is 5.91 Å². The Morgan fingerprint density at radius 1 is 1.15 bits per heavy atom. The number of amides is 1. The van der Waals surface area contributed by atoms with E-state index in [1.165, 1.54) is 37.6 Å². The van der Waals surface area contributed by atoms with Crippen LogP contribution < -0.4 is 5.32 Å². The van der Waals surface area contributed by atoms with Gasteiger partial charge in [-0.2, -0.15) is 0 Å². The number of rotatable bonds is 7. The van der Waals surface area contributed by atoms with E-state index >= 15 is 0 Å². The van der Waals surface area contributed by atoms with Gasteiger partial charge in [-0.3, -0.25) is 4.79 Å². The molecule has 1 heterocycles. The molecule has 1 aromatic carbocycles. The topological polar surface area (TPSA) is 94.8 Å². The molecule has 144 valence electrons. The zero-order valence-electron chi connectivity index (χ0n) is 15.2. The van der Waals surface area contributed by atoms with Crippen LogP contribution in [0.1, 0.15) is 40.3 Å². The molecule has 0 aliphatic rings. The van der Waals surface area contributed by atoms with Gasteiger partial charge in [-0.15, -0.1) is 0 Å². The van der Waals surface area contributed by atoms with E-state index in [0.717, 1.165) is 6.07 Å². The number of carbonyl (C=O) groups excluding carboxylic acids is 3. The Morgan fingerprint density at radius 3 is 2.48 bits per heavy atom. The summed E-state index contributed by atoms with van der Waals surface area (Å²) in [7, 11) is 1.22. The van der Waals surface area contributed by atoms with Gasteiger partial charge in [0.2, 0.25) is 0 Å². The first kappa shape index (κ1) is 20.2. The minimum absolute atomic E-state index is 0.123. The fourth-order valence-corrected chi connectivity index (χ4v) is 2.33. The molecule has 0 spiro atoms. The van der Waals surface area contributed by atoms with Crippen molar-refractivity contribution in [3.8, 4) is 0 Å². The molecule has 0 radical (unpaired) electrons. The van der Waals surface area contributed by atoms with Gasteiger partial charge in [0.1, 0.15) is 24.0 Å². The average molecular weight is 377 g/mol. The van der Waals surface area contributed by atoms with Crippen molar-refractivity contribution in [3.63, 3.8) is 0 Å². The summed E-state index contributed by atoms with van der Waals surface area (Å²) in [5.74, 6) is -2.96. The molecule has 0 fully saturated rings. The number of carbonyl (C=O) groups is 3. The lowest BCUT2D eigenvalue weighted by molar-refractivity contribution is -0.149. The molecule has 1 amide bonds. The molecule has 27 heavy (non-hydrogen) atoms. The second-order valence-electron chi connectivity index (χ2n) is 6.03. The molecule has 0 saturated heterocycles. The lowest BCUT2D eigenvalue weighted by Gasteiger charge is -2.20. The van der Waals surface area contributed by atoms with E-state index in [4.69, 9.17) is 9.15 Å². The standard InChI is InChI=1S/C19H20FNO6/c1-11(2)16(21-17(22)12-6-4-5-7-14(12)20)19(24)27-10-15-13(8-9-26-15)18(23)25-3/h4-9,11,16H,10H2,1-3H3,(H,21,22)/t16-/m0/s1. The molecule has 1 aromatic heterocycles. The van der Waals surface area contributed by atoms with Gasteiger partial charge >= 0.3 is 11.9 Å². The smallest absolute Gasteiger partial charge is 0.341 e. The second kappa shape index (κ2) is 8.98. The third-order valence-corrected chi connectivity index (χ3v) is 3.82. The van der Waals surface area contributed by atoms with Gasteiger partial charge in [0.15, 0.2) is 5.76 Å². The van der Waals surface area contributed by atoms with Crippen LogP contribution in [0.25, 0.3) is 0 Å². The highest BCUT2D eigenvalue weighted by atomic mass is 19.1. The van der Waals surface area contributed by atoms with Crippen LogP contribution in [0.2, 0.25) is 0 Å². The first-order chi connectivity index (χ1) is 12.8. The fourth-order valence-electron chi connectivity index (χ4n) is 2.33. The van der Waals surface area contributed by atoms with E-state index in [1.807, 2.05) is 0 Å². The Balaban J connectivity index is 2.05. The van der Waals surface area contributed by atoms with Gasteiger partial charge in [-0.1, -0.05) is 26.0 Å². The lowest BCUT2D eigenvalue weighted by atomic mass is 10.0. The van der Waals surface area contributed by atoms with Crippen molar-refractivity contribution in [1.82, 2.24) is 5.32 Å². The molecule has 2 aromatic rings. The zero-order valence-corrected chi connectivity index (χ0v) is 15.2. The molecule has 0 unspecified atom stereocenters. The van der Waals surface area contributed by atoms with Crippen LogP contribution in [0.15, 0.2) is 41.0 Å². The van der Waals surface area contributed by atoms with Crippen molar-refractivity contribution in [2.45, 2.75) is 26.5 Å². The number of nitrogens with one attached hydrogen (secondary N) is 1. The van der Waals surface area contributed by atoms with Gasteiger partial charge in [-0.25, -0.2) is 14.0 Å². The van der Waals surface area contributed by atoms with Crippen LogP contribution in [0.3, 0.4) is 0 Å². The van der Waals surface area contributed by atoms with E-state index in [2.05, 4.69) is 10.1 Å². The van der Waals surface area contributed by atoms with Crippen LogP contribution in [0.5, 0.6) is 0 Å². The van der Waals surface area contributed by atoms with Crippen LogP contribution >= 0.6 is 0 Å². The number of furan rings is 1. The molecule has 2 rings (SSSR count). The van der Waals surface area contributed by atoms with E-state index in [-0.39, 0.29) is 29.4 Å². The summed E-state index contributed by atoms with van der Waals surface area (Å²) in [5.41, 5.74) is -0.0308. The molecular weight excluding hydrogens is 357 g/mol. The quantitative estimate of drug-likeness (QED) is 0.746. The number of ether oxygens (including phenoxy) is 2. The normalized spacial score (nSPS) is 11.7. The summed E-state index contributed by atoms with van der Waals surface area (Å²) in [6.07, 6.45) is 1.27. The van der Waals surface area contributed by atoms with Gasteiger partial charge in [-0.05, 0) is 24.1 Å². The maximum Gasteiger partial charge on any atom is 0.341 e. The summed E-state index contributed by atoms with van der Waals surface area (Å²) < 4.78 is 28.6.